The Balaban J connectivity index is 1.70. The number of aromatic nitrogens is 2. The summed E-state index contributed by atoms with van der Waals surface area (Å²) in [5.74, 6) is -2.97. The third-order valence-corrected chi connectivity index (χ3v) is 7.53. The average molecular weight is 528 g/mol. The number of carbonyl (C=O) groups is 3. The first-order valence-electron chi connectivity index (χ1n) is 12.9. The fraction of sp³-hybridized carbons (Fsp3) is 0.519. The van der Waals surface area contributed by atoms with Gasteiger partial charge in [0.1, 0.15) is 17.7 Å². The van der Waals surface area contributed by atoms with Crippen molar-refractivity contribution >= 4 is 17.6 Å². The molecule has 0 spiro atoms. The van der Waals surface area contributed by atoms with Crippen LogP contribution < -0.4 is 5.56 Å². The molecule has 38 heavy (non-hydrogen) atoms. The number of nitrogens with zero attached hydrogens (tertiary/aromatic N) is 5. The zero-order valence-electron chi connectivity index (χ0n) is 22.0. The second-order valence-corrected chi connectivity index (χ2v) is 10.2. The van der Waals surface area contributed by atoms with E-state index in [4.69, 9.17) is 0 Å². The second kappa shape index (κ2) is 11.4. The molecule has 1 atom stereocenters. The Labute approximate surface area is 220 Å². The molecule has 1 aromatic heterocycles. The van der Waals surface area contributed by atoms with Crippen LogP contribution in [0.3, 0.4) is 0 Å². The number of likely N-dealkylation sites (N-methyl/N-ethyl adjacent to an activating group) is 2. The molecule has 1 fully saturated rings. The van der Waals surface area contributed by atoms with Crippen LogP contribution >= 0.6 is 0 Å². The van der Waals surface area contributed by atoms with E-state index in [-0.39, 0.29) is 42.8 Å². The number of amides is 2. The quantitative estimate of drug-likeness (QED) is 0.450. The standard InChI is InChI=1S/C27H34FN5O5/c1-30(2)26(37)27(38)31(3)20-16-32(19-6-4-5-7-19)14-15-33-24(20)29-22(23(35)25(33)36)21(34)13-10-17-8-11-18(28)12-9-17/h8-9,11-12,19-20,35H,4-7,10,13-16H2,1-3H3. The van der Waals surface area contributed by atoms with Gasteiger partial charge < -0.3 is 14.9 Å². The number of benzene rings is 1. The van der Waals surface area contributed by atoms with E-state index >= 15 is 0 Å². The van der Waals surface area contributed by atoms with Crippen molar-refractivity contribution in [2.75, 3.05) is 34.2 Å². The molecule has 204 valence electrons. The maximum Gasteiger partial charge on any atom is 0.312 e. The van der Waals surface area contributed by atoms with Crippen molar-refractivity contribution in [3.05, 3.63) is 57.5 Å². The van der Waals surface area contributed by atoms with Gasteiger partial charge in [0, 0.05) is 53.2 Å². The minimum Gasteiger partial charge on any atom is -0.501 e. The number of hydrogen-bond donors (Lipinski definition) is 1. The van der Waals surface area contributed by atoms with Crippen LogP contribution in [0, 0.1) is 5.82 Å². The number of aromatic hydroxyl groups is 1. The van der Waals surface area contributed by atoms with Gasteiger partial charge in [-0.2, -0.15) is 0 Å². The summed E-state index contributed by atoms with van der Waals surface area (Å²) in [7, 11) is 4.46. The zero-order valence-corrected chi connectivity index (χ0v) is 22.0. The average Bonchev–Trinajstić information content (AvgIpc) is 3.37. The molecule has 2 aromatic rings. The number of aryl methyl sites for hydroxylation is 1. The topological polar surface area (TPSA) is 116 Å². The van der Waals surface area contributed by atoms with E-state index in [1.807, 2.05) is 0 Å². The van der Waals surface area contributed by atoms with Gasteiger partial charge in [-0.25, -0.2) is 9.37 Å². The van der Waals surface area contributed by atoms with Crippen molar-refractivity contribution in [2.24, 2.45) is 0 Å². The Morgan fingerprint density at radius 2 is 1.71 bits per heavy atom. The summed E-state index contributed by atoms with van der Waals surface area (Å²) < 4.78 is 14.5. The van der Waals surface area contributed by atoms with Crippen LogP contribution in [0.15, 0.2) is 29.1 Å². The maximum atomic E-state index is 13.3. The van der Waals surface area contributed by atoms with Crippen molar-refractivity contribution in [3.63, 3.8) is 0 Å². The molecule has 0 saturated heterocycles. The summed E-state index contributed by atoms with van der Waals surface area (Å²) >= 11 is 0. The fourth-order valence-corrected chi connectivity index (χ4v) is 5.26. The second-order valence-electron chi connectivity index (χ2n) is 10.2. The van der Waals surface area contributed by atoms with Crippen LogP contribution in [0.25, 0.3) is 0 Å². The van der Waals surface area contributed by atoms with Crippen LogP contribution in [-0.4, -0.2) is 87.2 Å². The molecule has 1 aliphatic heterocycles. The van der Waals surface area contributed by atoms with Gasteiger partial charge in [-0.3, -0.25) is 28.6 Å². The molecular weight excluding hydrogens is 493 g/mol. The Kier molecular flexibility index (Phi) is 8.25. The van der Waals surface area contributed by atoms with Gasteiger partial charge in [-0.1, -0.05) is 25.0 Å². The summed E-state index contributed by atoms with van der Waals surface area (Å²) in [5, 5.41) is 10.7. The lowest BCUT2D eigenvalue weighted by atomic mass is 10.1. The third kappa shape index (κ3) is 5.62. The highest BCUT2D eigenvalue weighted by Gasteiger charge is 2.37. The molecule has 0 radical (unpaired) electrons. The SMILES string of the molecule is CN(C)C(=O)C(=O)N(C)C1CN(C2CCCC2)CCn2c1nc(C(=O)CCc1ccc(F)cc1)c(O)c2=O. The number of fused-ring (bicyclic) bond motifs is 1. The number of hydrogen-bond acceptors (Lipinski definition) is 7. The Hall–Kier alpha value is -3.60. The first kappa shape index (κ1) is 27.4. The Morgan fingerprint density at radius 3 is 2.34 bits per heavy atom. The van der Waals surface area contributed by atoms with Gasteiger partial charge in [0.25, 0.3) is 5.56 Å². The molecule has 10 nitrogen and oxygen atoms in total. The molecule has 11 heteroatoms. The smallest absolute Gasteiger partial charge is 0.312 e. The number of halogens is 1. The molecule has 1 aromatic carbocycles. The molecular formula is C27H34FN5O5. The van der Waals surface area contributed by atoms with Gasteiger partial charge in [0.2, 0.25) is 5.75 Å². The maximum absolute atomic E-state index is 13.3. The Morgan fingerprint density at radius 1 is 1.05 bits per heavy atom. The van der Waals surface area contributed by atoms with Crippen LogP contribution in [0.2, 0.25) is 0 Å². The normalized spacial score (nSPS) is 18.1. The zero-order chi connectivity index (χ0) is 27.6. The van der Waals surface area contributed by atoms with Gasteiger partial charge >= 0.3 is 11.8 Å². The molecule has 0 bridgehead atoms. The van der Waals surface area contributed by atoms with Crippen molar-refractivity contribution in [3.8, 4) is 5.75 Å². The van der Waals surface area contributed by atoms with Gasteiger partial charge in [-0.05, 0) is 37.0 Å². The number of carbonyl (C=O) groups excluding carboxylic acids is 3. The molecule has 1 N–H and O–H groups in total. The van der Waals surface area contributed by atoms with Gasteiger partial charge in [0.05, 0.1) is 0 Å². The first-order chi connectivity index (χ1) is 18.1. The highest BCUT2D eigenvalue weighted by molar-refractivity contribution is 6.34. The molecule has 2 aliphatic rings. The van der Waals surface area contributed by atoms with E-state index in [2.05, 4.69) is 9.88 Å². The summed E-state index contributed by atoms with van der Waals surface area (Å²) in [5.41, 5.74) is -0.385. The predicted octanol–water partition coefficient (Wildman–Crippen LogP) is 1.75. The lowest BCUT2D eigenvalue weighted by Gasteiger charge is -2.33. The van der Waals surface area contributed by atoms with Crippen LogP contribution in [0.4, 0.5) is 4.39 Å². The monoisotopic (exact) mass is 527 g/mol. The van der Waals surface area contributed by atoms with Crippen molar-refractivity contribution < 1.29 is 23.9 Å². The summed E-state index contributed by atoms with van der Waals surface area (Å²) in [6.07, 6.45) is 4.40. The lowest BCUT2D eigenvalue weighted by Crippen LogP contribution is -2.47. The van der Waals surface area contributed by atoms with Gasteiger partial charge in [-0.15, -0.1) is 0 Å². The minimum atomic E-state index is -0.786. The van der Waals surface area contributed by atoms with E-state index < -0.39 is 34.9 Å². The van der Waals surface area contributed by atoms with Crippen molar-refractivity contribution in [2.45, 2.75) is 57.2 Å². The summed E-state index contributed by atoms with van der Waals surface area (Å²) in [6.45, 7) is 1.08. The van der Waals surface area contributed by atoms with Gasteiger partial charge in [0.15, 0.2) is 11.5 Å². The van der Waals surface area contributed by atoms with E-state index in [0.29, 0.717) is 13.1 Å². The van der Waals surface area contributed by atoms with E-state index in [9.17, 15) is 28.7 Å². The van der Waals surface area contributed by atoms with Crippen molar-refractivity contribution in [1.29, 1.82) is 0 Å². The predicted molar refractivity (Wildman–Crippen MR) is 137 cm³/mol. The lowest BCUT2D eigenvalue weighted by molar-refractivity contribution is -0.151. The minimum absolute atomic E-state index is 0.0537. The summed E-state index contributed by atoms with van der Waals surface area (Å²) in [4.78, 5) is 61.1. The highest BCUT2D eigenvalue weighted by atomic mass is 19.1. The molecule has 1 aliphatic carbocycles. The van der Waals surface area contributed by atoms with Crippen molar-refractivity contribution in [1.82, 2.24) is 24.3 Å². The van der Waals surface area contributed by atoms with Crippen LogP contribution in [-0.2, 0) is 22.6 Å². The molecule has 4 rings (SSSR count). The van der Waals surface area contributed by atoms with Crippen LogP contribution in [0.1, 0.15) is 60.0 Å². The van der Waals surface area contributed by atoms with Crippen LogP contribution in [0.5, 0.6) is 5.75 Å². The Bertz CT molecular complexity index is 1270. The fourth-order valence-electron chi connectivity index (χ4n) is 5.26. The molecule has 2 heterocycles. The molecule has 1 saturated carbocycles. The van der Waals surface area contributed by atoms with E-state index in [1.54, 1.807) is 12.1 Å². The van der Waals surface area contributed by atoms with E-state index in [1.165, 1.54) is 47.6 Å². The number of Topliss-reactive ketones (excluding diaryl/α,β-unsaturated/α-hetero) is 1. The largest absolute Gasteiger partial charge is 0.501 e. The number of ketones is 1. The van der Waals surface area contributed by atoms with E-state index in [0.717, 1.165) is 31.2 Å². The number of rotatable bonds is 6. The third-order valence-electron chi connectivity index (χ3n) is 7.53. The first-order valence-corrected chi connectivity index (χ1v) is 12.9. The molecule has 1 unspecified atom stereocenters. The summed E-state index contributed by atoms with van der Waals surface area (Å²) in [6, 6.07) is 5.22. The molecule has 2 amide bonds. The highest BCUT2D eigenvalue weighted by Crippen LogP contribution is 2.30.